The van der Waals surface area contributed by atoms with Crippen LogP contribution in [0, 0.1) is 6.92 Å². The van der Waals surface area contributed by atoms with Crippen LogP contribution < -0.4 is 49.5 Å². The van der Waals surface area contributed by atoms with Crippen molar-refractivity contribution < 1.29 is 24.3 Å². The molecule has 0 bridgehead atoms. The smallest absolute Gasteiger partial charge is 0.322 e. The number of carbonyl (C=O) groups is 4. The van der Waals surface area contributed by atoms with Gasteiger partial charge in [0.1, 0.15) is 12.6 Å². The molecule has 3 amide bonds. The number of unbranched alkanes of at least 4 members (excludes halogenated alkanes) is 1. The molecular formula is C28H52N10O5S. The first-order valence-electron chi connectivity index (χ1n) is 13.9. The number of thiocarbonyl (C=S) groups is 1. The quantitative estimate of drug-likeness (QED) is 0.0458. The summed E-state index contributed by atoms with van der Waals surface area (Å²) in [6, 6.07) is 9.38. The molecule has 0 aliphatic heterocycles. The predicted molar refractivity (Wildman–Crippen MR) is 179 cm³/mol. The molecular weight excluding hydrogens is 588 g/mol. The summed E-state index contributed by atoms with van der Waals surface area (Å²) in [6.45, 7) is 6.13. The Labute approximate surface area is 266 Å². The summed E-state index contributed by atoms with van der Waals surface area (Å²) in [4.78, 5) is 48.6. The first-order valence-corrected chi connectivity index (χ1v) is 14.4. The SMILES string of the molecule is CCCN=C(N)N.CN/C=C(/C)NC=S.Cc1ccccc1.NCCCCC(NC(=O)CNC(=O)CN)C(=O)NCC(=O)O. The van der Waals surface area contributed by atoms with Gasteiger partial charge in [0.2, 0.25) is 17.7 Å². The van der Waals surface area contributed by atoms with E-state index in [0.29, 0.717) is 25.8 Å². The van der Waals surface area contributed by atoms with Crippen molar-refractivity contribution in [3.63, 3.8) is 0 Å². The lowest BCUT2D eigenvalue weighted by molar-refractivity contribution is -0.138. The van der Waals surface area contributed by atoms with E-state index in [1.807, 2.05) is 45.3 Å². The fourth-order valence-corrected chi connectivity index (χ4v) is 2.86. The van der Waals surface area contributed by atoms with Crippen molar-refractivity contribution in [2.45, 2.75) is 52.5 Å². The number of nitrogens with zero attached hydrogens (tertiary/aromatic N) is 1. The molecule has 0 fully saturated rings. The first-order chi connectivity index (χ1) is 20.9. The molecule has 0 aromatic heterocycles. The third kappa shape index (κ3) is 33.9. The minimum atomic E-state index is -1.18. The highest BCUT2D eigenvalue weighted by Gasteiger charge is 2.20. The van der Waals surface area contributed by atoms with Gasteiger partial charge in [-0.05, 0) is 46.1 Å². The molecule has 1 atom stereocenters. The van der Waals surface area contributed by atoms with Gasteiger partial charge in [0, 0.05) is 25.5 Å². The Hall–Kier alpha value is -4.28. The summed E-state index contributed by atoms with van der Waals surface area (Å²) in [7, 11) is 1.84. The lowest BCUT2D eigenvalue weighted by Crippen LogP contribution is -2.50. The molecule has 0 radical (unpaired) electrons. The Morgan fingerprint density at radius 2 is 1.66 bits per heavy atom. The molecule has 1 aromatic rings. The number of carboxylic acid groups (broad SMARTS) is 1. The van der Waals surface area contributed by atoms with Crippen molar-refractivity contribution in [3.05, 3.63) is 47.8 Å². The zero-order valence-corrected chi connectivity index (χ0v) is 27.0. The second kappa shape index (κ2) is 31.7. The number of allylic oxidation sites excluding steroid dienone is 1. The van der Waals surface area contributed by atoms with E-state index in [4.69, 9.17) is 28.0 Å². The minimum Gasteiger partial charge on any atom is -0.480 e. The minimum absolute atomic E-state index is 0.182. The van der Waals surface area contributed by atoms with Crippen LogP contribution in [0.4, 0.5) is 0 Å². The molecule has 1 aromatic carbocycles. The molecule has 44 heavy (non-hydrogen) atoms. The van der Waals surface area contributed by atoms with Gasteiger partial charge in [-0.15, -0.1) is 0 Å². The van der Waals surface area contributed by atoms with Crippen LogP contribution in [0.25, 0.3) is 0 Å². The molecule has 15 nitrogen and oxygen atoms in total. The third-order valence-corrected chi connectivity index (χ3v) is 4.87. The number of aliphatic carboxylic acids is 1. The molecule has 14 N–H and O–H groups in total. The second-order valence-electron chi connectivity index (χ2n) is 8.84. The van der Waals surface area contributed by atoms with Crippen LogP contribution in [0.5, 0.6) is 0 Å². The lowest BCUT2D eigenvalue weighted by atomic mass is 10.1. The van der Waals surface area contributed by atoms with Crippen molar-refractivity contribution in [2.75, 3.05) is 39.8 Å². The molecule has 1 unspecified atom stereocenters. The van der Waals surface area contributed by atoms with Crippen LogP contribution in [0.3, 0.4) is 0 Å². The predicted octanol–water partition coefficient (Wildman–Crippen LogP) is -0.845. The number of carboxylic acids is 1. The monoisotopic (exact) mass is 640 g/mol. The van der Waals surface area contributed by atoms with Gasteiger partial charge in [0.25, 0.3) is 0 Å². The van der Waals surface area contributed by atoms with E-state index in [0.717, 1.165) is 18.7 Å². The Morgan fingerprint density at radius 1 is 1.02 bits per heavy atom. The van der Waals surface area contributed by atoms with E-state index in [1.54, 1.807) is 0 Å². The van der Waals surface area contributed by atoms with Crippen LogP contribution in [0.1, 0.15) is 45.1 Å². The van der Waals surface area contributed by atoms with Crippen molar-refractivity contribution in [2.24, 2.45) is 27.9 Å². The highest BCUT2D eigenvalue weighted by atomic mass is 32.1. The van der Waals surface area contributed by atoms with Gasteiger partial charge in [-0.3, -0.25) is 24.2 Å². The van der Waals surface area contributed by atoms with E-state index < -0.39 is 36.3 Å². The van der Waals surface area contributed by atoms with Crippen LogP contribution in [-0.2, 0) is 19.2 Å². The van der Waals surface area contributed by atoms with Gasteiger partial charge in [-0.25, -0.2) is 0 Å². The highest BCUT2D eigenvalue weighted by molar-refractivity contribution is 7.78. The summed E-state index contributed by atoms with van der Waals surface area (Å²) < 4.78 is 0. The number of carbonyl (C=O) groups excluding carboxylic acids is 3. The largest absolute Gasteiger partial charge is 0.480 e. The van der Waals surface area contributed by atoms with Crippen molar-refractivity contribution >= 4 is 47.4 Å². The Morgan fingerprint density at radius 3 is 2.07 bits per heavy atom. The zero-order chi connectivity index (χ0) is 34.2. The molecule has 0 saturated carbocycles. The number of rotatable bonds is 16. The maximum absolute atomic E-state index is 11.8. The summed E-state index contributed by atoms with van der Waals surface area (Å²) in [5.41, 5.74) is 24.3. The number of guanidine groups is 1. The summed E-state index contributed by atoms with van der Waals surface area (Å²) in [6.07, 6.45) is 4.42. The van der Waals surface area contributed by atoms with Gasteiger partial charge in [0.05, 0.1) is 18.6 Å². The maximum atomic E-state index is 11.8. The van der Waals surface area contributed by atoms with E-state index in [2.05, 4.69) is 62.9 Å². The van der Waals surface area contributed by atoms with Crippen LogP contribution >= 0.6 is 12.2 Å². The fourth-order valence-electron chi connectivity index (χ4n) is 2.67. The Kier molecular flexibility index (Phi) is 31.8. The van der Waals surface area contributed by atoms with Gasteiger partial charge >= 0.3 is 5.97 Å². The molecule has 0 heterocycles. The lowest BCUT2D eigenvalue weighted by Gasteiger charge is -2.18. The second-order valence-corrected chi connectivity index (χ2v) is 9.07. The number of aliphatic imine (C=N–C) groups is 1. The normalized spacial score (nSPS) is 10.3. The number of nitrogens with one attached hydrogen (secondary N) is 5. The van der Waals surface area contributed by atoms with Gasteiger partial charge in [-0.2, -0.15) is 0 Å². The average Bonchev–Trinajstić information content (AvgIpc) is 2.98. The fraction of sp³-hybridized carbons (Fsp3) is 0.500. The number of benzene rings is 1. The summed E-state index contributed by atoms with van der Waals surface area (Å²) >= 11 is 4.54. The number of hydrogen-bond donors (Lipinski definition) is 10. The zero-order valence-electron chi connectivity index (χ0n) is 26.2. The van der Waals surface area contributed by atoms with Gasteiger partial charge < -0.3 is 54.6 Å². The van der Waals surface area contributed by atoms with Gasteiger partial charge in [0.15, 0.2) is 5.96 Å². The molecule has 16 heteroatoms. The van der Waals surface area contributed by atoms with Crippen molar-refractivity contribution in [1.29, 1.82) is 0 Å². The molecule has 0 saturated heterocycles. The number of nitrogens with two attached hydrogens (primary N) is 4. The summed E-state index contributed by atoms with van der Waals surface area (Å²) in [5, 5.41) is 21.1. The van der Waals surface area contributed by atoms with Gasteiger partial charge in [-0.1, -0.05) is 55.0 Å². The number of amides is 3. The standard InChI is InChI=1S/C12H23N5O5.C7H8.C5H10N2S.C4H11N3/c13-4-2-1-3-8(12(22)16-7-11(20)21)17-10(19)6-15-9(18)5-14;1-7-5-3-2-4-6-7;1-5(3-6-2)7-4-8;1-2-3-7-4(5)6/h8H,1-7,13-14H2,(H,15,18)(H,16,22)(H,17,19)(H,20,21);2-6H,1H3;3-4,6H,1-2H3,(H,7,8);2-3H2,1H3,(H4,5,6,7)/b;;5-3-;. The molecule has 0 spiro atoms. The maximum Gasteiger partial charge on any atom is 0.322 e. The molecule has 0 aliphatic rings. The van der Waals surface area contributed by atoms with E-state index in [1.165, 1.54) is 11.1 Å². The Bertz CT molecular complexity index is 990. The Balaban J connectivity index is -0.000000615. The van der Waals surface area contributed by atoms with Crippen LogP contribution in [0.15, 0.2) is 47.2 Å². The van der Waals surface area contributed by atoms with Crippen molar-refractivity contribution in [1.82, 2.24) is 26.6 Å². The topological polar surface area (TPSA) is 265 Å². The van der Waals surface area contributed by atoms with E-state index in [9.17, 15) is 19.2 Å². The van der Waals surface area contributed by atoms with Crippen LogP contribution in [-0.4, -0.2) is 86.1 Å². The van der Waals surface area contributed by atoms with E-state index >= 15 is 0 Å². The summed E-state index contributed by atoms with van der Waals surface area (Å²) in [5.74, 6) is -2.66. The average molecular weight is 641 g/mol. The third-order valence-electron chi connectivity index (χ3n) is 4.75. The molecule has 0 aliphatic carbocycles. The van der Waals surface area contributed by atoms with E-state index in [-0.39, 0.29) is 19.0 Å². The molecule has 250 valence electrons. The number of hydrogen-bond acceptors (Lipinski definition) is 9. The highest BCUT2D eigenvalue weighted by Crippen LogP contribution is 2.01. The first kappa shape index (κ1) is 44.2. The molecule has 1 rings (SSSR count). The van der Waals surface area contributed by atoms with Crippen molar-refractivity contribution in [3.8, 4) is 0 Å². The number of aryl methyl sites for hydroxylation is 1. The van der Waals surface area contributed by atoms with Crippen LogP contribution in [0.2, 0.25) is 0 Å².